The molecule has 0 aliphatic heterocycles. The van der Waals surface area contributed by atoms with Crippen molar-refractivity contribution in [3.05, 3.63) is 46.3 Å². The van der Waals surface area contributed by atoms with E-state index in [-0.39, 0.29) is 0 Å². The molecule has 0 aromatic carbocycles. The van der Waals surface area contributed by atoms with Gasteiger partial charge in [0.05, 0.1) is 6.54 Å². The summed E-state index contributed by atoms with van der Waals surface area (Å²) < 4.78 is 5.91. The summed E-state index contributed by atoms with van der Waals surface area (Å²) >= 11 is 1.70. The van der Waals surface area contributed by atoms with E-state index in [2.05, 4.69) is 50.4 Å². The Labute approximate surface area is 153 Å². The number of aliphatic imine (C=N–C) groups is 1. The third-order valence-corrected chi connectivity index (χ3v) is 4.92. The van der Waals surface area contributed by atoms with Crippen LogP contribution in [-0.2, 0) is 13.1 Å². The minimum atomic E-state index is 0.348. The highest BCUT2D eigenvalue weighted by molar-refractivity contribution is 7.07. The number of rotatable bonds is 7. The molecule has 25 heavy (non-hydrogen) atoms. The van der Waals surface area contributed by atoms with Crippen molar-refractivity contribution in [2.45, 2.75) is 51.8 Å². The molecule has 0 unspecified atom stereocenters. The van der Waals surface area contributed by atoms with Gasteiger partial charge in [-0.25, -0.2) is 9.98 Å². The van der Waals surface area contributed by atoms with Crippen molar-refractivity contribution in [1.29, 1.82) is 0 Å². The predicted molar refractivity (Wildman–Crippen MR) is 103 cm³/mol. The maximum absolute atomic E-state index is 5.91. The molecule has 1 aliphatic rings. The zero-order valence-corrected chi connectivity index (χ0v) is 15.5. The summed E-state index contributed by atoms with van der Waals surface area (Å²) in [7, 11) is 0. The highest BCUT2D eigenvalue weighted by Gasteiger charge is 2.16. The molecule has 2 heterocycles. The fraction of sp³-hybridized carbons (Fsp3) is 0.474. The SMILES string of the molecule is CCNC(=NCc1ccsc1)NCc1ccc(OC2CCCC2)nc1. The fourth-order valence-corrected chi connectivity index (χ4v) is 3.50. The standard InChI is InChI=1S/C19H26N4OS/c1-2-20-19(23-13-16-9-10-25-14-16)22-12-15-7-8-18(21-11-15)24-17-5-3-4-6-17/h7-11,14,17H,2-6,12-13H2,1H3,(H2,20,22,23). The monoisotopic (exact) mass is 358 g/mol. The van der Waals surface area contributed by atoms with Crippen LogP contribution in [0.2, 0.25) is 0 Å². The Balaban J connectivity index is 1.50. The molecule has 6 heteroatoms. The summed E-state index contributed by atoms with van der Waals surface area (Å²) in [4.78, 5) is 9.04. The van der Waals surface area contributed by atoms with Gasteiger partial charge < -0.3 is 15.4 Å². The summed E-state index contributed by atoms with van der Waals surface area (Å²) in [6, 6.07) is 6.13. The topological polar surface area (TPSA) is 58.5 Å². The van der Waals surface area contributed by atoms with E-state index in [4.69, 9.17) is 4.74 Å². The first-order chi connectivity index (χ1) is 12.3. The van der Waals surface area contributed by atoms with Crippen LogP contribution < -0.4 is 15.4 Å². The molecule has 0 saturated heterocycles. The highest BCUT2D eigenvalue weighted by atomic mass is 32.1. The average molecular weight is 359 g/mol. The summed E-state index contributed by atoms with van der Waals surface area (Å²) in [6.07, 6.45) is 7.06. The molecule has 1 fully saturated rings. The lowest BCUT2D eigenvalue weighted by Crippen LogP contribution is -2.36. The van der Waals surface area contributed by atoms with Crippen molar-refractivity contribution in [2.75, 3.05) is 6.54 Å². The molecular weight excluding hydrogens is 332 g/mol. The van der Waals surface area contributed by atoms with Crippen LogP contribution in [0.5, 0.6) is 5.88 Å². The van der Waals surface area contributed by atoms with Gasteiger partial charge in [0, 0.05) is 25.4 Å². The minimum absolute atomic E-state index is 0.348. The van der Waals surface area contributed by atoms with E-state index >= 15 is 0 Å². The largest absolute Gasteiger partial charge is 0.474 e. The molecule has 0 radical (unpaired) electrons. The lowest BCUT2D eigenvalue weighted by Gasteiger charge is -2.13. The van der Waals surface area contributed by atoms with Crippen molar-refractivity contribution in [3.8, 4) is 5.88 Å². The van der Waals surface area contributed by atoms with Crippen LogP contribution in [-0.4, -0.2) is 23.6 Å². The number of guanidine groups is 1. The van der Waals surface area contributed by atoms with Crippen LogP contribution in [0, 0.1) is 0 Å². The van der Waals surface area contributed by atoms with Gasteiger partial charge in [-0.2, -0.15) is 11.3 Å². The van der Waals surface area contributed by atoms with E-state index < -0.39 is 0 Å². The number of ether oxygens (including phenoxy) is 1. The first kappa shape index (κ1) is 17.7. The smallest absolute Gasteiger partial charge is 0.213 e. The van der Waals surface area contributed by atoms with E-state index in [0.717, 1.165) is 36.8 Å². The van der Waals surface area contributed by atoms with E-state index in [1.165, 1.54) is 18.4 Å². The summed E-state index contributed by atoms with van der Waals surface area (Å²) in [5, 5.41) is 10.8. The van der Waals surface area contributed by atoms with E-state index in [1.54, 1.807) is 11.3 Å². The molecule has 5 nitrogen and oxygen atoms in total. The van der Waals surface area contributed by atoms with Gasteiger partial charge in [-0.05, 0) is 60.6 Å². The average Bonchev–Trinajstić information content (AvgIpc) is 3.32. The molecule has 2 aromatic heterocycles. The van der Waals surface area contributed by atoms with Crippen LogP contribution in [0.15, 0.2) is 40.1 Å². The summed E-state index contributed by atoms with van der Waals surface area (Å²) in [5.74, 6) is 1.55. The fourth-order valence-electron chi connectivity index (χ4n) is 2.84. The van der Waals surface area contributed by atoms with Crippen LogP contribution >= 0.6 is 11.3 Å². The van der Waals surface area contributed by atoms with Gasteiger partial charge >= 0.3 is 0 Å². The van der Waals surface area contributed by atoms with E-state index in [9.17, 15) is 0 Å². The Bertz CT molecular complexity index is 649. The van der Waals surface area contributed by atoms with E-state index in [0.29, 0.717) is 19.2 Å². The molecule has 2 aromatic rings. The van der Waals surface area contributed by atoms with Gasteiger partial charge in [0.15, 0.2) is 5.96 Å². The van der Waals surface area contributed by atoms with Gasteiger partial charge in [-0.1, -0.05) is 6.07 Å². The Kier molecular flexibility index (Phi) is 6.68. The second-order valence-electron chi connectivity index (χ2n) is 6.21. The highest BCUT2D eigenvalue weighted by Crippen LogP contribution is 2.22. The van der Waals surface area contributed by atoms with Crippen LogP contribution in [0.4, 0.5) is 0 Å². The van der Waals surface area contributed by atoms with Gasteiger partial charge in [-0.15, -0.1) is 0 Å². The number of nitrogens with zero attached hydrogens (tertiary/aromatic N) is 2. The number of nitrogens with one attached hydrogen (secondary N) is 2. The van der Waals surface area contributed by atoms with E-state index in [1.807, 2.05) is 12.3 Å². The van der Waals surface area contributed by atoms with Crippen molar-refractivity contribution in [3.63, 3.8) is 0 Å². The maximum Gasteiger partial charge on any atom is 0.213 e. The molecule has 2 N–H and O–H groups in total. The van der Waals surface area contributed by atoms with Gasteiger partial charge in [0.1, 0.15) is 6.10 Å². The van der Waals surface area contributed by atoms with Crippen LogP contribution in [0.1, 0.15) is 43.7 Å². The molecule has 134 valence electrons. The molecule has 1 aliphatic carbocycles. The Hall–Kier alpha value is -2.08. The molecule has 3 rings (SSSR count). The van der Waals surface area contributed by atoms with Gasteiger partial charge in [0.25, 0.3) is 0 Å². The number of hydrogen-bond acceptors (Lipinski definition) is 4. The minimum Gasteiger partial charge on any atom is -0.474 e. The Morgan fingerprint density at radius 3 is 2.80 bits per heavy atom. The molecule has 0 spiro atoms. The zero-order chi connectivity index (χ0) is 17.3. The molecule has 0 atom stereocenters. The zero-order valence-electron chi connectivity index (χ0n) is 14.7. The van der Waals surface area contributed by atoms with Gasteiger partial charge in [0.2, 0.25) is 5.88 Å². The number of pyridine rings is 1. The lowest BCUT2D eigenvalue weighted by molar-refractivity contribution is 0.201. The second-order valence-corrected chi connectivity index (χ2v) is 6.99. The lowest BCUT2D eigenvalue weighted by atomic mass is 10.3. The van der Waals surface area contributed by atoms with Crippen molar-refractivity contribution < 1.29 is 4.74 Å². The normalized spacial score (nSPS) is 15.3. The quantitative estimate of drug-likeness (QED) is 0.585. The first-order valence-electron chi connectivity index (χ1n) is 8.98. The van der Waals surface area contributed by atoms with Gasteiger partial charge in [-0.3, -0.25) is 0 Å². The van der Waals surface area contributed by atoms with Crippen molar-refractivity contribution >= 4 is 17.3 Å². The summed E-state index contributed by atoms with van der Waals surface area (Å²) in [6.45, 7) is 4.28. The number of thiophene rings is 1. The Morgan fingerprint density at radius 2 is 2.12 bits per heavy atom. The summed E-state index contributed by atoms with van der Waals surface area (Å²) in [5.41, 5.74) is 2.34. The third-order valence-electron chi connectivity index (χ3n) is 4.19. The molecule has 0 amide bonds. The van der Waals surface area contributed by atoms with Crippen molar-refractivity contribution in [2.24, 2.45) is 4.99 Å². The molecule has 0 bridgehead atoms. The van der Waals surface area contributed by atoms with Crippen LogP contribution in [0.3, 0.4) is 0 Å². The number of hydrogen-bond donors (Lipinski definition) is 2. The predicted octanol–water partition coefficient (Wildman–Crippen LogP) is 3.72. The third kappa shape index (κ3) is 5.74. The molecule has 1 saturated carbocycles. The second kappa shape index (κ2) is 9.42. The number of aromatic nitrogens is 1. The van der Waals surface area contributed by atoms with Crippen LogP contribution in [0.25, 0.3) is 0 Å². The molecular formula is C19H26N4OS. The van der Waals surface area contributed by atoms with Crippen molar-refractivity contribution in [1.82, 2.24) is 15.6 Å². The Morgan fingerprint density at radius 1 is 1.24 bits per heavy atom. The first-order valence-corrected chi connectivity index (χ1v) is 9.92. The maximum atomic E-state index is 5.91.